The largest absolute Gasteiger partial charge is 0.476 e. The number of aromatic carboxylic acids is 1. The molecule has 1 unspecified atom stereocenters. The molecule has 6 heteroatoms. The molecule has 6 nitrogen and oxygen atoms in total. The van der Waals surface area contributed by atoms with E-state index in [-0.39, 0.29) is 18.2 Å². The topological polar surface area (TPSA) is 88.2 Å². The van der Waals surface area contributed by atoms with Gasteiger partial charge in [0.1, 0.15) is 0 Å². The van der Waals surface area contributed by atoms with Crippen molar-refractivity contribution in [1.29, 1.82) is 0 Å². The highest BCUT2D eigenvalue weighted by molar-refractivity contribution is 5.86. The van der Waals surface area contributed by atoms with E-state index in [0.717, 1.165) is 18.5 Å². The minimum atomic E-state index is -1.01. The van der Waals surface area contributed by atoms with Gasteiger partial charge in [0.05, 0.1) is 5.69 Å². The highest BCUT2D eigenvalue weighted by atomic mass is 16.4. The van der Waals surface area contributed by atoms with E-state index in [4.69, 9.17) is 10.2 Å². The van der Waals surface area contributed by atoms with E-state index in [1.807, 2.05) is 6.92 Å². The molecule has 0 spiro atoms. The molecule has 0 saturated heterocycles. The normalized spacial score (nSPS) is 17.1. The molecule has 1 aromatic rings. The Morgan fingerprint density at radius 2 is 2.29 bits per heavy atom. The molecule has 2 rings (SSSR count). The zero-order valence-electron chi connectivity index (χ0n) is 9.83. The van der Waals surface area contributed by atoms with Crippen LogP contribution in [0.25, 0.3) is 0 Å². The Morgan fingerprint density at radius 3 is 2.82 bits per heavy atom. The van der Waals surface area contributed by atoms with Crippen LogP contribution in [-0.2, 0) is 6.54 Å². The van der Waals surface area contributed by atoms with Crippen molar-refractivity contribution in [1.82, 2.24) is 15.0 Å². The molecule has 1 aromatic heterocycles. The summed E-state index contributed by atoms with van der Waals surface area (Å²) in [5.41, 5.74) is 0.839. The third-order valence-electron chi connectivity index (χ3n) is 3.05. The van der Waals surface area contributed by atoms with Gasteiger partial charge in [-0.3, -0.25) is 0 Å². The number of carbonyl (C=O) groups is 1. The SMILES string of the molecule is CC(CCO)Cn1nnc(C(=O)O)c1C1CC1. The van der Waals surface area contributed by atoms with Crippen molar-refractivity contribution >= 4 is 5.97 Å². The zero-order chi connectivity index (χ0) is 12.4. The van der Waals surface area contributed by atoms with Crippen molar-refractivity contribution < 1.29 is 15.0 Å². The summed E-state index contributed by atoms with van der Waals surface area (Å²) in [7, 11) is 0. The number of carboxylic acid groups (broad SMARTS) is 1. The van der Waals surface area contributed by atoms with Gasteiger partial charge in [0, 0.05) is 19.1 Å². The molecular formula is C11H17N3O3. The van der Waals surface area contributed by atoms with Crippen LogP contribution in [0.2, 0.25) is 0 Å². The summed E-state index contributed by atoms with van der Waals surface area (Å²) in [4.78, 5) is 11.0. The van der Waals surface area contributed by atoms with Crippen LogP contribution in [0.15, 0.2) is 0 Å². The van der Waals surface area contributed by atoms with E-state index < -0.39 is 5.97 Å². The van der Waals surface area contributed by atoms with Crippen LogP contribution in [0.1, 0.15) is 48.3 Å². The van der Waals surface area contributed by atoms with Gasteiger partial charge in [0.2, 0.25) is 0 Å². The lowest BCUT2D eigenvalue weighted by atomic mass is 10.1. The Morgan fingerprint density at radius 1 is 1.59 bits per heavy atom. The number of aromatic nitrogens is 3. The number of aliphatic hydroxyl groups is 1. The second-order valence-corrected chi connectivity index (χ2v) is 4.70. The molecule has 0 amide bonds. The molecule has 0 aromatic carbocycles. The predicted octanol–water partition coefficient (Wildman–Crippen LogP) is 0.872. The maximum Gasteiger partial charge on any atom is 0.358 e. The predicted molar refractivity (Wildman–Crippen MR) is 59.8 cm³/mol. The first-order valence-corrected chi connectivity index (χ1v) is 5.91. The summed E-state index contributed by atoms with van der Waals surface area (Å²) in [6, 6.07) is 0. The molecule has 1 aliphatic rings. The second kappa shape index (κ2) is 4.83. The van der Waals surface area contributed by atoms with Crippen LogP contribution in [0, 0.1) is 5.92 Å². The average molecular weight is 239 g/mol. The van der Waals surface area contributed by atoms with Gasteiger partial charge in [-0.05, 0) is 25.2 Å². The van der Waals surface area contributed by atoms with E-state index in [0.29, 0.717) is 18.9 Å². The number of hydrogen-bond donors (Lipinski definition) is 2. The van der Waals surface area contributed by atoms with Gasteiger partial charge < -0.3 is 10.2 Å². The van der Waals surface area contributed by atoms with Crippen molar-refractivity contribution in [3.8, 4) is 0 Å². The number of rotatable bonds is 6. The highest BCUT2D eigenvalue weighted by Gasteiger charge is 2.33. The maximum atomic E-state index is 11.0. The van der Waals surface area contributed by atoms with E-state index in [1.54, 1.807) is 4.68 Å². The summed E-state index contributed by atoms with van der Waals surface area (Å²) in [5, 5.41) is 25.6. The smallest absolute Gasteiger partial charge is 0.358 e. The van der Waals surface area contributed by atoms with Gasteiger partial charge in [-0.1, -0.05) is 12.1 Å². The maximum absolute atomic E-state index is 11.0. The average Bonchev–Trinajstić information content (AvgIpc) is 3.00. The van der Waals surface area contributed by atoms with Gasteiger partial charge in [-0.2, -0.15) is 0 Å². The zero-order valence-corrected chi connectivity index (χ0v) is 9.83. The van der Waals surface area contributed by atoms with Crippen LogP contribution < -0.4 is 0 Å². The molecule has 1 fully saturated rings. The van der Waals surface area contributed by atoms with Crippen LogP contribution in [0.5, 0.6) is 0 Å². The standard InChI is InChI=1S/C11H17N3O3/c1-7(4-5-15)6-14-10(8-2-3-8)9(11(16)17)12-13-14/h7-8,15H,2-6H2,1H3,(H,16,17). The number of aliphatic hydroxyl groups excluding tert-OH is 1. The van der Waals surface area contributed by atoms with Crippen molar-refractivity contribution in [2.24, 2.45) is 5.92 Å². The molecule has 0 bridgehead atoms. The van der Waals surface area contributed by atoms with Crippen LogP contribution >= 0.6 is 0 Å². The fourth-order valence-electron chi connectivity index (χ4n) is 1.98. The van der Waals surface area contributed by atoms with Gasteiger partial charge in [0.25, 0.3) is 0 Å². The fourth-order valence-corrected chi connectivity index (χ4v) is 1.98. The Bertz CT molecular complexity index is 412. The third-order valence-corrected chi connectivity index (χ3v) is 3.05. The first-order chi connectivity index (χ1) is 8.13. The van der Waals surface area contributed by atoms with Crippen LogP contribution in [0.3, 0.4) is 0 Å². The van der Waals surface area contributed by atoms with E-state index >= 15 is 0 Å². The molecule has 1 atom stereocenters. The van der Waals surface area contributed by atoms with E-state index in [9.17, 15) is 4.79 Å². The highest BCUT2D eigenvalue weighted by Crippen LogP contribution is 2.41. The molecule has 0 aliphatic heterocycles. The second-order valence-electron chi connectivity index (χ2n) is 4.70. The monoisotopic (exact) mass is 239 g/mol. The molecule has 0 radical (unpaired) electrons. The number of carboxylic acids is 1. The van der Waals surface area contributed by atoms with Gasteiger partial charge >= 0.3 is 5.97 Å². The first kappa shape index (κ1) is 12.0. The van der Waals surface area contributed by atoms with Crippen molar-refractivity contribution in [2.75, 3.05) is 6.61 Å². The lowest BCUT2D eigenvalue weighted by molar-refractivity contribution is 0.0689. The lowest BCUT2D eigenvalue weighted by Crippen LogP contribution is -2.14. The summed E-state index contributed by atoms with van der Waals surface area (Å²) in [6.07, 6.45) is 2.72. The van der Waals surface area contributed by atoms with Crippen molar-refractivity contribution in [2.45, 2.75) is 38.6 Å². The van der Waals surface area contributed by atoms with Crippen molar-refractivity contribution in [3.63, 3.8) is 0 Å². The van der Waals surface area contributed by atoms with E-state index in [1.165, 1.54) is 0 Å². The summed E-state index contributed by atoms with van der Waals surface area (Å²) in [5.74, 6) is -0.439. The molecule has 94 valence electrons. The van der Waals surface area contributed by atoms with Crippen LogP contribution in [-0.4, -0.2) is 37.8 Å². The third kappa shape index (κ3) is 2.63. The summed E-state index contributed by atoms with van der Waals surface area (Å²) >= 11 is 0. The Hall–Kier alpha value is -1.43. The van der Waals surface area contributed by atoms with Gasteiger partial charge in [-0.25, -0.2) is 9.48 Å². The van der Waals surface area contributed by atoms with Gasteiger partial charge in [0.15, 0.2) is 5.69 Å². The Labute approximate surface area is 99.3 Å². The quantitative estimate of drug-likeness (QED) is 0.769. The molecule has 1 saturated carbocycles. The molecule has 1 aliphatic carbocycles. The summed E-state index contributed by atoms with van der Waals surface area (Å²) in [6.45, 7) is 2.77. The molecule has 1 heterocycles. The van der Waals surface area contributed by atoms with Crippen molar-refractivity contribution in [3.05, 3.63) is 11.4 Å². The van der Waals surface area contributed by atoms with E-state index in [2.05, 4.69) is 10.3 Å². The Balaban J connectivity index is 2.19. The minimum absolute atomic E-state index is 0.0868. The molecule has 2 N–H and O–H groups in total. The Kier molecular flexibility index (Phi) is 3.42. The molecular weight excluding hydrogens is 222 g/mol. The molecule has 17 heavy (non-hydrogen) atoms. The fraction of sp³-hybridized carbons (Fsp3) is 0.727. The minimum Gasteiger partial charge on any atom is -0.476 e. The number of hydrogen-bond acceptors (Lipinski definition) is 4. The van der Waals surface area contributed by atoms with Crippen LogP contribution in [0.4, 0.5) is 0 Å². The lowest BCUT2D eigenvalue weighted by Gasteiger charge is -2.11. The summed E-state index contributed by atoms with van der Waals surface area (Å²) < 4.78 is 1.70. The number of nitrogens with zero attached hydrogens (tertiary/aromatic N) is 3. The van der Waals surface area contributed by atoms with Gasteiger partial charge in [-0.15, -0.1) is 5.10 Å². The first-order valence-electron chi connectivity index (χ1n) is 5.91.